The average Bonchev–Trinajstić information content (AvgIpc) is 2.86. The first-order valence-corrected chi connectivity index (χ1v) is 5.74. The van der Waals surface area contributed by atoms with E-state index in [1.807, 2.05) is 13.8 Å². The van der Waals surface area contributed by atoms with Crippen LogP contribution in [0, 0.1) is 5.92 Å². The first-order valence-electron chi connectivity index (χ1n) is 5.74. The van der Waals surface area contributed by atoms with Gasteiger partial charge in [-0.05, 0) is 12.8 Å². The number of carbonyl (C=O) groups is 1. The molecule has 1 aliphatic rings. The van der Waals surface area contributed by atoms with Crippen molar-refractivity contribution in [3.8, 4) is 0 Å². The van der Waals surface area contributed by atoms with Crippen LogP contribution in [0.5, 0.6) is 0 Å². The maximum Gasteiger partial charge on any atom is 0.307 e. The van der Waals surface area contributed by atoms with Crippen LogP contribution in [0.1, 0.15) is 56.6 Å². The highest BCUT2D eigenvalue weighted by Crippen LogP contribution is 2.38. The van der Waals surface area contributed by atoms with E-state index in [1.165, 1.54) is 0 Å². The summed E-state index contributed by atoms with van der Waals surface area (Å²) in [5.41, 5.74) is 0. The summed E-state index contributed by atoms with van der Waals surface area (Å²) in [7, 11) is 0. The van der Waals surface area contributed by atoms with Gasteiger partial charge >= 0.3 is 5.97 Å². The fourth-order valence-corrected chi connectivity index (χ4v) is 2.29. The van der Waals surface area contributed by atoms with Gasteiger partial charge in [0.25, 0.3) is 0 Å². The molecule has 1 aliphatic carbocycles. The van der Waals surface area contributed by atoms with E-state index in [9.17, 15) is 4.79 Å². The third kappa shape index (κ3) is 1.94. The lowest BCUT2D eigenvalue weighted by molar-refractivity contribution is -0.142. The van der Waals surface area contributed by atoms with Crippen molar-refractivity contribution in [2.75, 3.05) is 0 Å². The van der Waals surface area contributed by atoms with Gasteiger partial charge in [-0.3, -0.25) is 9.89 Å². The van der Waals surface area contributed by atoms with Gasteiger partial charge in [0.2, 0.25) is 0 Å². The molecule has 1 aromatic heterocycles. The molecule has 0 radical (unpaired) electrons. The highest BCUT2D eigenvalue weighted by Gasteiger charge is 2.36. The largest absolute Gasteiger partial charge is 0.481 e. The fourth-order valence-electron chi connectivity index (χ4n) is 2.29. The van der Waals surface area contributed by atoms with Gasteiger partial charge in [0.15, 0.2) is 5.82 Å². The predicted molar refractivity (Wildman–Crippen MR) is 58.2 cm³/mol. The quantitative estimate of drug-likeness (QED) is 0.820. The van der Waals surface area contributed by atoms with Gasteiger partial charge in [-0.1, -0.05) is 20.3 Å². The Bertz CT molecular complexity index is 386. The Kier molecular flexibility index (Phi) is 2.94. The molecular formula is C11H17N3O2. The number of H-pyrrole nitrogens is 1. The first kappa shape index (κ1) is 11.1. The summed E-state index contributed by atoms with van der Waals surface area (Å²) in [5, 5.41) is 16.1. The lowest BCUT2D eigenvalue weighted by atomic mass is 9.96. The number of aromatic nitrogens is 3. The van der Waals surface area contributed by atoms with Crippen molar-refractivity contribution in [1.82, 2.24) is 15.2 Å². The Hall–Kier alpha value is -1.39. The number of hydrogen-bond acceptors (Lipinski definition) is 3. The molecule has 2 unspecified atom stereocenters. The summed E-state index contributed by atoms with van der Waals surface area (Å²) in [4.78, 5) is 15.5. The van der Waals surface area contributed by atoms with Crippen LogP contribution in [0.15, 0.2) is 0 Å². The zero-order valence-corrected chi connectivity index (χ0v) is 9.60. The molecule has 0 saturated heterocycles. The van der Waals surface area contributed by atoms with Crippen molar-refractivity contribution in [3.63, 3.8) is 0 Å². The van der Waals surface area contributed by atoms with Crippen LogP contribution in [-0.4, -0.2) is 26.3 Å². The molecule has 0 bridgehead atoms. The number of nitrogens with zero attached hydrogens (tertiary/aromatic N) is 2. The molecule has 0 spiro atoms. The molecule has 2 N–H and O–H groups in total. The number of hydrogen-bond donors (Lipinski definition) is 2. The standard InChI is InChI=1S/C11H17N3O2/c1-6(2)9-12-10(14-13-9)7-4-3-5-8(7)11(15)16/h6-8H,3-5H2,1-2H3,(H,15,16)(H,12,13,14). The molecule has 2 rings (SSSR count). The molecule has 1 saturated carbocycles. The van der Waals surface area contributed by atoms with Crippen LogP contribution in [-0.2, 0) is 4.79 Å². The summed E-state index contributed by atoms with van der Waals surface area (Å²) >= 11 is 0. The minimum absolute atomic E-state index is 0.0116. The van der Waals surface area contributed by atoms with Crippen molar-refractivity contribution in [2.24, 2.45) is 5.92 Å². The fraction of sp³-hybridized carbons (Fsp3) is 0.727. The van der Waals surface area contributed by atoms with E-state index in [2.05, 4.69) is 15.2 Å². The monoisotopic (exact) mass is 223 g/mol. The molecule has 1 aromatic rings. The van der Waals surface area contributed by atoms with E-state index < -0.39 is 5.97 Å². The van der Waals surface area contributed by atoms with Gasteiger partial charge in [-0.15, -0.1) is 0 Å². The number of carboxylic acids is 1. The molecule has 5 heteroatoms. The van der Waals surface area contributed by atoms with E-state index in [4.69, 9.17) is 5.11 Å². The summed E-state index contributed by atoms with van der Waals surface area (Å²) < 4.78 is 0. The highest BCUT2D eigenvalue weighted by atomic mass is 16.4. The van der Waals surface area contributed by atoms with E-state index in [-0.39, 0.29) is 17.8 Å². The number of aromatic amines is 1. The average molecular weight is 223 g/mol. The van der Waals surface area contributed by atoms with Gasteiger partial charge in [-0.25, -0.2) is 4.98 Å². The minimum Gasteiger partial charge on any atom is -0.481 e. The van der Waals surface area contributed by atoms with Gasteiger partial charge in [0, 0.05) is 11.8 Å². The van der Waals surface area contributed by atoms with Crippen LogP contribution in [0.3, 0.4) is 0 Å². The van der Waals surface area contributed by atoms with Crippen LogP contribution in [0.25, 0.3) is 0 Å². The molecule has 1 fully saturated rings. The maximum atomic E-state index is 11.1. The van der Waals surface area contributed by atoms with Gasteiger partial charge in [-0.2, -0.15) is 5.10 Å². The lowest BCUT2D eigenvalue weighted by Gasteiger charge is -2.11. The third-order valence-electron chi connectivity index (χ3n) is 3.22. The van der Waals surface area contributed by atoms with Crippen LogP contribution in [0.2, 0.25) is 0 Å². The molecule has 0 amide bonds. The second-order valence-corrected chi connectivity index (χ2v) is 4.72. The first-order chi connectivity index (χ1) is 7.59. The van der Waals surface area contributed by atoms with Gasteiger partial charge < -0.3 is 5.11 Å². The Morgan fingerprint density at radius 3 is 2.81 bits per heavy atom. The second kappa shape index (κ2) is 4.23. The van der Waals surface area contributed by atoms with Crippen molar-refractivity contribution in [1.29, 1.82) is 0 Å². The molecule has 88 valence electrons. The van der Waals surface area contributed by atoms with Crippen LogP contribution >= 0.6 is 0 Å². The predicted octanol–water partition coefficient (Wildman–Crippen LogP) is 1.90. The molecule has 2 atom stereocenters. The van der Waals surface area contributed by atoms with Crippen molar-refractivity contribution < 1.29 is 9.90 Å². The van der Waals surface area contributed by atoms with Crippen molar-refractivity contribution >= 4 is 5.97 Å². The molecule has 16 heavy (non-hydrogen) atoms. The number of aliphatic carboxylic acids is 1. The smallest absolute Gasteiger partial charge is 0.307 e. The summed E-state index contributed by atoms with van der Waals surface area (Å²) in [6.07, 6.45) is 2.60. The van der Waals surface area contributed by atoms with Crippen molar-refractivity contribution in [3.05, 3.63) is 11.6 Å². The van der Waals surface area contributed by atoms with E-state index in [1.54, 1.807) is 0 Å². The molecule has 5 nitrogen and oxygen atoms in total. The van der Waals surface area contributed by atoms with Gasteiger partial charge in [0.1, 0.15) is 5.82 Å². The van der Waals surface area contributed by atoms with Crippen LogP contribution in [0.4, 0.5) is 0 Å². The molecule has 0 aliphatic heterocycles. The topological polar surface area (TPSA) is 78.9 Å². The highest BCUT2D eigenvalue weighted by molar-refractivity contribution is 5.71. The van der Waals surface area contributed by atoms with E-state index in [0.717, 1.165) is 30.9 Å². The summed E-state index contributed by atoms with van der Waals surface area (Å²) in [6, 6.07) is 0. The molecule has 1 heterocycles. The second-order valence-electron chi connectivity index (χ2n) is 4.72. The zero-order valence-electron chi connectivity index (χ0n) is 9.60. The molecule has 0 aromatic carbocycles. The number of carboxylic acid groups (broad SMARTS) is 1. The summed E-state index contributed by atoms with van der Waals surface area (Å²) in [6.45, 7) is 4.05. The summed E-state index contributed by atoms with van der Waals surface area (Å²) in [5.74, 6) is 0.782. The number of nitrogens with one attached hydrogen (secondary N) is 1. The Morgan fingerprint density at radius 2 is 2.25 bits per heavy atom. The zero-order chi connectivity index (χ0) is 11.7. The van der Waals surface area contributed by atoms with E-state index in [0.29, 0.717) is 0 Å². The Morgan fingerprint density at radius 1 is 1.50 bits per heavy atom. The third-order valence-corrected chi connectivity index (χ3v) is 3.22. The number of rotatable bonds is 3. The van der Waals surface area contributed by atoms with Crippen LogP contribution < -0.4 is 0 Å². The Balaban J connectivity index is 2.19. The molecular weight excluding hydrogens is 206 g/mol. The van der Waals surface area contributed by atoms with Crippen molar-refractivity contribution in [2.45, 2.75) is 44.9 Å². The van der Waals surface area contributed by atoms with E-state index >= 15 is 0 Å². The minimum atomic E-state index is -0.718. The lowest BCUT2D eigenvalue weighted by Crippen LogP contribution is -2.17. The SMILES string of the molecule is CC(C)c1n[nH]c(C2CCCC2C(=O)O)n1. The normalized spacial score (nSPS) is 25.2. The Labute approximate surface area is 94.3 Å². The maximum absolute atomic E-state index is 11.1. The van der Waals surface area contributed by atoms with Gasteiger partial charge in [0.05, 0.1) is 5.92 Å².